The minimum atomic E-state index is -4.45. The summed E-state index contributed by atoms with van der Waals surface area (Å²) in [6.07, 6.45) is -4.45. The van der Waals surface area contributed by atoms with Crippen LogP contribution in [0.2, 0.25) is 0 Å². The molecule has 0 aliphatic heterocycles. The topological polar surface area (TPSA) is 61.5 Å². The molecule has 0 bridgehead atoms. The van der Waals surface area contributed by atoms with Crippen LogP contribution in [-0.4, -0.2) is 25.5 Å². The fourth-order valence-corrected chi connectivity index (χ4v) is 1.19. The zero-order valence-electron chi connectivity index (χ0n) is 9.58. The number of aryl methyl sites for hydroxylation is 1. The first kappa shape index (κ1) is 14.3. The molecule has 0 amide bonds. The number of nitrogens with two attached hydrogens (primary N) is 1. The molecule has 1 rings (SSSR count). The van der Waals surface area contributed by atoms with Crippen molar-refractivity contribution in [2.45, 2.75) is 13.1 Å². The molecule has 0 saturated heterocycles. The monoisotopic (exact) mass is 263 g/mol. The summed E-state index contributed by atoms with van der Waals surface area (Å²) in [5.41, 5.74) is 6.65. The summed E-state index contributed by atoms with van der Waals surface area (Å²) in [5.74, 6) is -0.821. The molecule has 0 radical (unpaired) electrons. The van der Waals surface area contributed by atoms with Crippen molar-refractivity contribution in [1.82, 2.24) is 0 Å². The molecule has 0 spiro atoms. The molecule has 0 aliphatic carbocycles. The third kappa shape index (κ3) is 4.25. The fourth-order valence-electron chi connectivity index (χ4n) is 1.19. The first-order chi connectivity index (χ1) is 8.31. The van der Waals surface area contributed by atoms with Crippen molar-refractivity contribution in [3.63, 3.8) is 0 Å². The number of esters is 1. The van der Waals surface area contributed by atoms with Gasteiger partial charge in [-0.05, 0) is 18.6 Å². The molecular formula is C11H12F3NO3. The van der Waals surface area contributed by atoms with E-state index in [-0.39, 0.29) is 11.3 Å². The van der Waals surface area contributed by atoms with Gasteiger partial charge >= 0.3 is 12.1 Å². The van der Waals surface area contributed by atoms with Crippen molar-refractivity contribution in [3.8, 4) is 0 Å². The number of rotatable bonds is 4. The number of hydrogen-bond donors (Lipinski definition) is 1. The van der Waals surface area contributed by atoms with Crippen LogP contribution in [-0.2, 0) is 9.47 Å². The van der Waals surface area contributed by atoms with Crippen LogP contribution < -0.4 is 5.73 Å². The number of hydrogen-bond acceptors (Lipinski definition) is 4. The number of carbonyl (C=O) groups is 1. The Morgan fingerprint density at radius 3 is 2.67 bits per heavy atom. The highest BCUT2D eigenvalue weighted by Crippen LogP contribution is 2.18. The van der Waals surface area contributed by atoms with Gasteiger partial charge in [0, 0.05) is 5.69 Å². The van der Waals surface area contributed by atoms with Gasteiger partial charge in [0.2, 0.25) is 0 Å². The SMILES string of the molecule is Cc1cccc(C(=O)OCOCC(F)(F)F)c1N. The summed E-state index contributed by atoms with van der Waals surface area (Å²) in [5, 5.41) is 0. The van der Waals surface area contributed by atoms with Crippen LogP contribution in [0.15, 0.2) is 18.2 Å². The smallest absolute Gasteiger partial charge is 0.411 e. The number of halogens is 3. The molecule has 2 N–H and O–H groups in total. The van der Waals surface area contributed by atoms with Crippen LogP contribution in [0, 0.1) is 6.92 Å². The molecule has 0 heterocycles. The lowest BCUT2D eigenvalue weighted by Gasteiger charge is -2.10. The second kappa shape index (κ2) is 5.72. The number of para-hydroxylation sites is 1. The summed E-state index contributed by atoms with van der Waals surface area (Å²) < 4.78 is 43.9. The molecule has 1 aromatic rings. The number of nitrogen functional groups attached to an aromatic ring is 1. The van der Waals surface area contributed by atoms with Crippen LogP contribution in [0.3, 0.4) is 0 Å². The van der Waals surface area contributed by atoms with Crippen molar-refractivity contribution >= 4 is 11.7 Å². The van der Waals surface area contributed by atoms with Gasteiger partial charge in [0.1, 0.15) is 6.61 Å². The van der Waals surface area contributed by atoms with E-state index in [1.165, 1.54) is 6.07 Å². The Hall–Kier alpha value is -1.76. The maximum Gasteiger partial charge on any atom is 0.411 e. The highest BCUT2D eigenvalue weighted by Gasteiger charge is 2.27. The summed E-state index contributed by atoms with van der Waals surface area (Å²) in [4.78, 5) is 11.5. The summed E-state index contributed by atoms with van der Waals surface area (Å²) in [7, 11) is 0. The number of alkyl halides is 3. The van der Waals surface area contributed by atoms with Gasteiger partial charge in [0.05, 0.1) is 5.56 Å². The van der Waals surface area contributed by atoms with Crippen molar-refractivity contribution in [2.75, 3.05) is 19.1 Å². The second-order valence-corrected chi connectivity index (χ2v) is 3.55. The van der Waals surface area contributed by atoms with Crippen molar-refractivity contribution < 1.29 is 27.4 Å². The van der Waals surface area contributed by atoms with E-state index in [1.807, 2.05) is 0 Å². The van der Waals surface area contributed by atoms with Gasteiger partial charge in [-0.25, -0.2) is 4.79 Å². The highest BCUT2D eigenvalue weighted by atomic mass is 19.4. The van der Waals surface area contributed by atoms with Crippen LogP contribution >= 0.6 is 0 Å². The van der Waals surface area contributed by atoms with E-state index in [4.69, 9.17) is 5.73 Å². The molecule has 0 atom stereocenters. The number of carbonyl (C=O) groups excluding carboxylic acids is 1. The molecule has 100 valence electrons. The van der Waals surface area contributed by atoms with Crippen molar-refractivity contribution in [1.29, 1.82) is 0 Å². The second-order valence-electron chi connectivity index (χ2n) is 3.55. The Balaban J connectivity index is 2.49. The van der Waals surface area contributed by atoms with Gasteiger partial charge < -0.3 is 15.2 Å². The Morgan fingerprint density at radius 1 is 1.39 bits per heavy atom. The molecule has 0 aromatic heterocycles. The molecule has 0 fully saturated rings. The molecule has 4 nitrogen and oxygen atoms in total. The average molecular weight is 263 g/mol. The zero-order chi connectivity index (χ0) is 13.8. The number of ether oxygens (including phenoxy) is 2. The number of benzene rings is 1. The Morgan fingerprint density at radius 2 is 2.06 bits per heavy atom. The zero-order valence-corrected chi connectivity index (χ0v) is 9.58. The van der Waals surface area contributed by atoms with E-state index in [2.05, 4.69) is 9.47 Å². The number of anilines is 1. The minimum Gasteiger partial charge on any atom is -0.435 e. The van der Waals surface area contributed by atoms with E-state index in [1.54, 1.807) is 19.1 Å². The lowest BCUT2D eigenvalue weighted by molar-refractivity contribution is -0.190. The van der Waals surface area contributed by atoms with Gasteiger partial charge in [-0.15, -0.1) is 0 Å². The Labute approximate surface area is 101 Å². The van der Waals surface area contributed by atoms with E-state index in [0.29, 0.717) is 5.56 Å². The van der Waals surface area contributed by atoms with E-state index >= 15 is 0 Å². The molecule has 0 aliphatic rings. The third-order valence-corrected chi connectivity index (χ3v) is 2.08. The molecule has 0 unspecified atom stereocenters. The van der Waals surface area contributed by atoms with Gasteiger partial charge in [-0.3, -0.25) is 0 Å². The van der Waals surface area contributed by atoms with E-state index in [0.717, 1.165) is 0 Å². The molecule has 1 aromatic carbocycles. The third-order valence-electron chi connectivity index (χ3n) is 2.08. The average Bonchev–Trinajstić information content (AvgIpc) is 2.26. The largest absolute Gasteiger partial charge is 0.435 e. The predicted octanol–water partition coefficient (Wildman–Crippen LogP) is 2.27. The molecular weight excluding hydrogens is 251 g/mol. The molecule has 7 heteroatoms. The summed E-state index contributed by atoms with van der Waals surface area (Å²) >= 11 is 0. The lowest BCUT2D eigenvalue weighted by atomic mass is 10.1. The summed E-state index contributed by atoms with van der Waals surface area (Å²) in [6, 6.07) is 4.72. The van der Waals surface area contributed by atoms with Gasteiger partial charge in [0.15, 0.2) is 6.79 Å². The first-order valence-corrected chi connectivity index (χ1v) is 4.98. The minimum absolute atomic E-state index is 0.102. The van der Waals surface area contributed by atoms with E-state index < -0.39 is 25.5 Å². The molecule has 0 saturated carbocycles. The van der Waals surface area contributed by atoms with Crippen LogP contribution in [0.4, 0.5) is 18.9 Å². The Kier molecular flexibility index (Phi) is 4.55. The predicted molar refractivity (Wildman–Crippen MR) is 57.9 cm³/mol. The van der Waals surface area contributed by atoms with Gasteiger partial charge in [0.25, 0.3) is 0 Å². The van der Waals surface area contributed by atoms with Gasteiger partial charge in [-0.2, -0.15) is 13.2 Å². The normalized spacial score (nSPS) is 11.3. The van der Waals surface area contributed by atoms with Crippen LogP contribution in [0.1, 0.15) is 15.9 Å². The van der Waals surface area contributed by atoms with Crippen molar-refractivity contribution in [3.05, 3.63) is 29.3 Å². The molecule has 18 heavy (non-hydrogen) atoms. The maximum absolute atomic E-state index is 11.7. The van der Waals surface area contributed by atoms with Crippen LogP contribution in [0.25, 0.3) is 0 Å². The maximum atomic E-state index is 11.7. The first-order valence-electron chi connectivity index (χ1n) is 4.98. The summed E-state index contributed by atoms with van der Waals surface area (Å²) in [6.45, 7) is -0.540. The highest BCUT2D eigenvalue weighted by molar-refractivity contribution is 5.95. The lowest BCUT2D eigenvalue weighted by Crippen LogP contribution is -2.19. The van der Waals surface area contributed by atoms with Crippen molar-refractivity contribution in [2.24, 2.45) is 0 Å². The van der Waals surface area contributed by atoms with Gasteiger partial charge in [-0.1, -0.05) is 12.1 Å². The van der Waals surface area contributed by atoms with E-state index in [9.17, 15) is 18.0 Å². The van der Waals surface area contributed by atoms with Crippen LogP contribution in [0.5, 0.6) is 0 Å². The standard InChI is InChI=1S/C11H12F3NO3/c1-7-3-2-4-8(9(7)15)10(16)18-6-17-5-11(12,13)14/h2-4H,5-6,15H2,1H3. The fraction of sp³-hybridized carbons (Fsp3) is 0.364. The quantitative estimate of drug-likeness (QED) is 0.392. The Bertz CT molecular complexity index is 432.